The first kappa shape index (κ1) is 23.0. The molecular formula is C14H25F3O2. The highest BCUT2D eigenvalue weighted by atomic mass is 19.4. The molecule has 0 bridgehead atoms. The highest BCUT2D eigenvalue weighted by Gasteiger charge is 2.41. The van der Waals surface area contributed by atoms with Crippen molar-refractivity contribution < 1.29 is 22.8 Å². The quantitative estimate of drug-likeness (QED) is 0.539. The number of Topliss-reactive ketones (excluding diaryl/α,β-unsaturated/α-hetero) is 2. The van der Waals surface area contributed by atoms with Gasteiger partial charge >= 0.3 is 6.18 Å². The van der Waals surface area contributed by atoms with Crippen LogP contribution in [0.2, 0.25) is 0 Å². The van der Waals surface area contributed by atoms with Crippen LogP contribution < -0.4 is 0 Å². The number of carbonyl (C=O) groups excluding carboxylic acids is 2. The van der Waals surface area contributed by atoms with Crippen LogP contribution in [-0.2, 0) is 9.59 Å². The summed E-state index contributed by atoms with van der Waals surface area (Å²) in [5.74, 6) is -2.61. The number of hydrogen-bond donors (Lipinski definition) is 0. The van der Waals surface area contributed by atoms with E-state index in [4.69, 9.17) is 0 Å². The van der Waals surface area contributed by atoms with Gasteiger partial charge in [-0.15, -0.1) is 13.2 Å². The molecule has 19 heavy (non-hydrogen) atoms. The Labute approximate surface area is 114 Å². The van der Waals surface area contributed by atoms with Gasteiger partial charge in [0.05, 0.1) is 6.42 Å². The second kappa shape index (κ2) is 10.8. The zero-order valence-corrected chi connectivity index (χ0v) is 12.5. The zero-order valence-electron chi connectivity index (χ0n) is 12.5. The van der Waals surface area contributed by atoms with Crippen LogP contribution in [0.1, 0.15) is 53.9 Å². The number of alkyl halides is 3. The van der Waals surface area contributed by atoms with Crippen LogP contribution in [0.3, 0.4) is 0 Å². The van der Waals surface area contributed by atoms with Gasteiger partial charge in [0.2, 0.25) is 5.78 Å². The molecule has 0 aliphatic heterocycles. The maximum Gasteiger partial charge on any atom is 0.450 e. The molecule has 0 radical (unpaired) electrons. The Bertz CT molecular complexity index is 268. The lowest BCUT2D eigenvalue weighted by molar-refractivity contribution is -0.172. The molecule has 0 fully saturated rings. The summed E-state index contributed by atoms with van der Waals surface area (Å²) in [5.41, 5.74) is -0.852. The van der Waals surface area contributed by atoms with E-state index in [9.17, 15) is 22.8 Å². The van der Waals surface area contributed by atoms with Crippen LogP contribution >= 0.6 is 0 Å². The van der Waals surface area contributed by atoms with Crippen LogP contribution in [0.15, 0.2) is 13.2 Å². The first-order chi connectivity index (χ1) is 8.61. The van der Waals surface area contributed by atoms with Gasteiger partial charge in [-0.25, -0.2) is 0 Å². The van der Waals surface area contributed by atoms with E-state index >= 15 is 0 Å². The van der Waals surface area contributed by atoms with Gasteiger partial charge in [0.15, 0.2) is 0 Å². The molecule has 114 valence electrons. The summed E-state index contributed by atoms with van der Waals surface area (Å²) in [4.78, 5) is 22.0. The molecule has 0 N–H and O–H groups in total. The molecule has 0 aliphatic rings. The minimum Gasteiger partial charge on any atom is -0.299 e. The molecule has 0 aromatic rings. The Morgan fingerprint density at radius 1 is 1.00 bits per heavy atom. The summed E-state index contributed by atoms with van der Waals surface area (Å²) < 4.78 is 35.6. The summed E-state index contributed by atoms with van der Waals surface area (Å²) in [6.07, 6.45) is -4.77. The predicted molar refractivity (Wildman–Crippen MR) is 72.0 cm³/mol. The third kappa shape index (κ3) is 10.5. The molecule has 0 rings (SSSR count). The van der Waals surface area contributed by atoms with E-state index in [0.29, 0.717) is 12.8 Å². The smallest absolute Gasteiger partial charge is 0.299 e. The SMILES string of the molecule is C=C.CC.CCCC(C)(C)C(=O)CC(=O)C(F)(F)F. The second-order valence-electron chi connectivity index (χ2n) is 4.15. The molecule has 0 aromatic heterocycles. The van der Waals surface area contributed by atoms with Crippen molar-refractivity contribution in [3.63, 3.8) is 0 Å². The minimum absolute atomic E-state index is 0.483. The average Bonchev–Trinajstić information content (AvgIpc) is 2.32. The molecule has 0 spiro atoms. The van der Waals surface area contributed by atoms with Gasteiger partial charge in [-0.3, -0.25) is 9.59 Å². The molecule has 0 saturated heterocycles. The van der Waals surface area contributed by atoms with E-state index < -0.39 is 29.6 Å². The zero-order chi connectivity index (χ0) is 16.3. The van der Waals surface area contributed by atoms with Crippen molar-refractivity contribution >= 4 is 11.6 Å². The average molecular weight is 282 g/mol. The normalized spacial score (nSPS) is 10.5. The van der Waals surface area contributed by atoms with Gasteiger partial charge in [-0.1, -0.05) is 41.0 Å². The third-order valence-electron chi connectivity index (χ3n) is 2.27. The first-order valence-corrected chi connectivity index (χ1v) is 6.24. The van der Waals surface area contributed by atoms with Gasteiger partial charge in [0.25, 0.3) is 0 Å². The molecule has 2 nitrogen and oxygen atoms in total. The van der Waals surface area contributed by atoms with E-state index in [0.717, 1.165) is 0 Å². The third-order valence-corrected chi connectivity index (χ3v) is 2.27. The van der Waals surface area contributed by atoms with Gasteiger partial charge in [-0.05, 0) is 6.42 Å². The number of ketones is 2. The fraction of sp³-hybridized carbons (Fsp3) is 0.714. The highest BCUT2D eigenvalue weighted by molar-refractivity contribution is 6.03. The lowest BCUT2D eigenvalue weighted by atomic mass is 9.81. The van der Waals surface area contributed by atoms with Gasteiger partial charge < -0.3 is 0 Å². The molecular weight excluding hydrogens is 257 g/mol. The van der Waals surface area contributed by atoms with E-state index in [1.807, 2.05) is 20.8 Å². The molecule has 0 aromatic carbocycles. The van der Waals surface area contributed by atoms with Crippen molar-refractivity contribution in [2.75, 3.05) is 0 Å². The van der Waals surface area contributed by atoms with Gasteiger partial charge in [-0.2, -0.15) is 13.2 Å². The summed E-state index contributed by atoms with van der Waals surface area (Å²) in [7, 11) is 0. The number of rotatable bonds is 5. The fourth-order valence-electron chi connectivity index (χ4n) is 1.25. The topological polar surface area (TPSA) is 34.1 Å². The Morgan fingerprint density at radius 3 is 1.63 bits per heavy atom. The van der Waals surface area contributed by atoms with Crippen LogP contribution in [0.5, 0.6) is 0 Å². The summed E-state index contributed by atoms with van der Waals surface area (Å²) >= 11 is 0. The van der Waals surface area contributed by atoms with Crippen LogP contribution in [0.4, 0.5) is 13.2 Å². The Hall–Kier alpha value is -1.13. The molecule has 0 amide bonds. The summed E-state index contributed by atoms with van der Waals surface area (Å²) in [5, 5.41) is 0. The fourth-order valence-corrected chi connectivity index (χ4v) is 1.25. The number of carbonyl (C=O) groups is 2. The van der Waals surface area contributed by atoms with E-state index in [2.05, 4.69) is 13.2 Å². The standard InChI is InChI=1S/C10H15F3O2.C2H6.C2H4/c1-4-5-9(2,3)7(14)6-8(15)10(11,12)13;2*1-2/h4-6H2,1-3H3;1-2H3;1-2H2. The van der Waals surface area contributed by atoms with Crippen LogP contribution in [0, 0.1) is 5.41 Å². The van der Waals surface area contributed by atoms with Crippen molar-refractivity contribution in [3.8, 4) is 0 Å². The van der Waals surface area contributed by atoms with Crippen molar-refractivity contribution in [2.45, 2.75) is 60.1 Å². The van der Waals surface area contributed by atoms with Gasteiger partial charge in [0, 0.05) is 5.41 Å². The van der Waals surface area contributed by atoms with Crippen LogP contribution in [-0.4, -0.2) is 17.7 Å². The summed E-state index contributed by atoms with van der Waals surface area (Å²) in [6, 6.07) is 0. The van der Waals surface area contributed by atoms with E-state index in [1.54, 1.807) is 13.8 Å². The molecule has 0 heterocycles. The van der Waals surface area contributed by atoms with Crippen LogP contribution in [0.25, 0.3) is 0 Å². The largest absolute Gasteiger partial charge is 0.450 e. The monoisotopic (exact) mass is 282 g/mol. The van der Waals surface area contributed by atoms with Gasteiger partial charge in [0.1, 0.15) is 5.78 Å². The lowest BCUT2D eigenvalue weighted by Gasteiger charge is -2.21. The molecule has 0 aliphatic carbocycles. The Morgan fingerprint density at radius 2 is 1.37 bits per heavy atom. The first-order valence-electron chi connectivity index (χ1n) is 6.24. The van der Waals surface area contributed by atoms with Crippen molar-refractivity contribution in [1.29, 1.82) is 0 Å². The maximum atomic E-state index is 11.9. The van der Waals surface area contributed by atoms with Crippen molar-refractivity contribution in [1.82, 2.24) is 0 Å². The number of halogens is 3. The molecule has 5 heteroatoms. The van der Waals surface area contributed by atoms with E-state index in [-0.39, 0.29) is 0 Å². The van der Waals surface area contributed by atoms with E-state index in [1.165, 1.54) is 0 Å². The molecule has 0 saturated carbocycles. The van der Waals surface area contributed by atoms with Crippen molar-refractivity contribution in [2.24, 2.45) is 5.41 Å². The van der Waals surface area contributed by atoms with Crippen molar-refractivity contribution in [3.05, 3.63) is 13.2 Å². The Kier molecular flexibility index (Phi) is 13.0. The lowest BCUT2D eigenvalue weighted by Crippen LogP contribution is -2.32. The highest BCUT2D eigenvalue weighted by Crippen LogP contribution is 2.27. The maximum absolute atomic E-state index is 11.9. The second-order valence-corrected chi connectivity index (χ2v) is 4.15. The minimum atomic E-state index is -4.90. The predicted octanol–water partition coefficient (Wildman–Crippen LogP) is 4.73. The summed E-state index contributed by atoms with van der Waals surface area (Å²) in [6.45, 7) is 14.9. The Balaban J connectivity index is -0.000000579. The molecule has 0 unspecified atom stereocenters. The number of hydrogen-bond acceptors (Lipinski definition) is 2. The molecule has 0 atom stereocenters.